The number of imidazole rings is 1. The molecular formula is C20H18N4O2. The molecule has 0 saturated heterocycles. The maximum Gasteiger partial charge on any atom is 0.411 e. The molecule has 0 atom stereocenters. The fraction of sp³-hybridized carbons (Fsp3) is 0.100. The van der Waals surface area contributed by atoms with Gasteiger partial charge in [0.1, 0.15) is 17.2 Å². The Hall–Kier alpha value is -3.54. The van der Waals surface area contributed by atoms with Crippen LogP contribution in [0.2, 0.25) is 0 Å². The Morgan fingerprint density at radius 1 is 1.19 bits per heavy atom. The zero-order valence-corrected chi connectivity index (χ0v) is 14.5. The molecule has 0 aliphatic heterocycles. The van der Waals surface area contributed by atoms with Gasteiger partial charge in [0.15, 0.2) is 0 Å². The molecule has 0 saturated carbocycles. The minimum atomic E-state index is -0.514. The lowest BCUT2D eigenvalue weighted by Gasteiger charge is -2.06. The Morgan fingerprint density at radius 2 is 2.04 bits per heavy atom. The van der Waals surface area contributed by atoms with Crippen molar-refractivity contribution in [2.45, 2.75) is 6.92 Å². The number of methoxy groups -OCH3 is 1. The van der Waals surface area contributed by atoms with Crippen LogP contribution < -0.4 is 11.1 Å². The fourth-order valence-electron chi connectivity index (χ4n) is 3.09. The maximum atomic E-state index is 11.5. The Morgan fingerprint density at radius 3 is 2.81 bits per heavy atom. The summed E-state index contributed by atoms with van der Waals surface area (Å²) in [6.07, 6.45) is 1.40. The predicted molar refractivity (Wildman–Crippen MR) is 103 cm³/mol. The first-order valence-electron chi connectivity index (χ1n) is 8.19. The van der Waals surface area contributed by atoms with Crippen molar-refractivity contribution in [2.75, 3.05) is 18.2 Å². The van der Waals surface area contributed by atoms with Crippen molar-refractivity contribution in [2.24, 2.45) is 0 Å². The molecule has 4 rings (SSSR count). The Kier molecular flexibility index (Phi) is 3.73. The number of nitrogens with one attached hydrogen (secondary N) is 1. The molecule has 6 nitrogen and oxygen atoms in total. The standard InChI is InChI=1S/C20H18N4O2/c1-12-4-3-5-14(10-12)17-18(21)24-9-8-13-6-7-15(22-20(25)26-2)11-16(13)19(24)23-17/h3-11H,21H2,1-2H3,(H,22,25). The van der Waals surface area contributed by atoms with E-state index in [0.717, 1.165) is 33.2 Å². The normalized spacial score (nSPS) is 11.0. The van der Waals surface area contributed by atoms with Gasteiger partial charge in [0.05, 0.1) is 7.11 Å². The molecule has 2 aromatic heterocycles. The number of nitrogens with zero attached hydrogens (tertiary/aromatic N) is 2. The zero-order chi connectivity index (χ0) is 18.3. The van der Waals surface area contributed by atoms with E-state index in [9.17, 15) is 4.79 Å². The summed E-state index contributed by atoms with van der Waals surface area (Å²) in [7, 11) is 1.33. The highest BCUT2D eigenvalue weighted by atomic mass is 16.5. The minimum Gasteiger partial charge on any atom is -0.453 e. The molecule has 2 heterocycles. The number of fused-ring (bicyclic) bond motifs is 3. The van der Waals surface area contributed by atoms with Gasteiger partial charge >= 0.3 is 6.09 Å². The minimum absolute atomic E-state index is 0.514. The number of carbonyl (C=O) groups is 1. The zero-order valence-electron chi connectivity index (χ0n) is 14.5. The number of benzene rings is 2. The number of aromatic nitrogens is 2. The van der Waals surface area contributed by atoms with E-state index in [1.165, 1.54) is 7.11 Å². The van der Waals surface area contributed by atoms with Gasteiger partial charge in [-0.2, -0.15) is 0 Å². The predicted octanol–water partition coefficient (Wildman–Crippen LogP) is 4.22. The van der Waals surface area contributed by atoms with Crippen LogP contribution in [0, 0.1) is 6.92 Å². The first-order valence-corrected chi connectivity index (χ1v) is 8.19. The molecular weight excluding hydrogens is 328 g/mol. The SMILES string of the molecule is COC(=O)Nc1ccc2ccn3c(N)c(-c4cccc(C)c4)nc3c2c1. The molecule has 6 heteroatoms. The molecule has 0 radical (unpaired) electrons. The highest BCUT2D eigenvalue weighted by Crippen LogP contribution is 2.31. The topological polar surface area (TPSA) is 81.6 Å². The van der Waals surface area contributed by atoms with E-state index in [-0.39, 0.29) is 0 Å². The average Bonchev–Trinajstić information content (AvgIpc) is 2.99. The largest absolute Gasteiger partial charge is 0.453 e. The van der Waals surface area contributed by atoms with Gasteiger partial charge in [0.2, 0.25) is 0 Å². The molecule has 0 bridgehead atoms. The summed E-state index contributed by atoms with van der Waals surface area (Å²) in [4.78, 5) is 16.3. The molecule has 0 spiro atoms. The molecule has 0 aliphatic carbocycles. The van der Waals surface area contributed by atoms with Gasteiger partial charge in [0.25, 0.3) is 0 Å². The molecule has 0 aliphatic rings. The van der Waals surface area contributed by atoms with E-state index >= 15 is 0 Å². The summed E-state index contributed by atoms with van der Waals surface area (Å²) >= 11 is 0. The molecule has 0 unspecified atom stereocenters. The van der Waals surface area contributed by atoms with Crippen LogP contribution in [0.1, 0.15) is 5.56 Å². The van der Waals surface area contributed by atoms with Crippen LogP contribution in [0.25, 0.3) is 27.7 Å². The number of anilines is 2. The number of pyridine rings is 1. The van der Waals surface area contributed by atoms with Crippen LogP contribution >= 0.6 is 0 Å². The third-order valence-electron chi connectivity index (χ3n) is 4.37. The number of hydrogen-bond acceptors (Lipinski definition) is 4. The number of ether oxygens (including phenoxy) is 1. The van der Waals surface area contributed by atoms with Crippen LogP contribution in [0.3, 0.4) is 0 Å². The number of hydrogen-bond donors (Lipinski definition) is 2. The van der Waals surface area contributed by atoms with Gasteiger partial charge in [-0.1, -0.05) is 29.8 Å². The van der Waals surface area contributed by atoms with Crippen LogP contribution in [-0.4, -0.2) is 22.6 Å². The van der Waals surface area contributed by atoms with E-state index in [4.69, 9.17) is 10.7 Å². The molecule has 130 valence electrons. The van der Waals surface area contributed by atoms with Crippen molar-refractivity contribution >= 4 is 34.0 Å². The first-order chi connectivity index (χ1) is 12.6. The van der Waals surface area contributed by atoms with Crippen molar-refractivity contribution in [3.05, 3.63) is 60.3 Å². The number of rotatable bonds is 2. The summed E-state index contributed by atoms with van der Waals surface area (Å²) in [5.74, 6) is 0.582. The van der Waals surface area contributed by atoms with Crippen LogP contribution in [-0.2, 0) is 4.74 Å². The van der Waals surface area contributed by atoms with Crippen molar-refractivity contribution in [1.29, 1.82) is 0 Å². The van der Waals surface area contributed by atoms with E-state index in [2.05, 4.69) is 16.1 Å². The van der Waals surface area contributed by atoms with E-state index in [1.807, 2.05) is 60.0 Å². The number of carbonyl (C=O) groups excluding carboxylic acids is 1. The summed E-state index contributed by atoms with van der Waals surface area (Å²) < 4.78 is 6.52. The van der Waals surface area contributed by atoms with Crippen LogP contribution in [0.5, 0.6) is 0 Å². The van der Waals surface area contributed by atoms with Crippen molar-refractivity contribution in [3.63, 3.8) is 0 Å². The van der Waals surface area contributed by atoms with E-state index in [1.54, 1.807) is 0 Å². The van der Waals surface area contributed by atoms with Crippen molar-refractivity contribution in [1.82, 2.24) is 9.38 Å². The smallest absolute Gasteiger partial charge is 0.411 e. The second-order valence-electron chi connectivity index (χ2n) is 6.14. The summed E-state index contributed by atoms with van der Waals surface area (Å²) in [6, 6.07) is 15.7. The third kappa shape index (κ3) is 2.61. The summed E-state index contributed by atoms with van der Waals surface area (Å²) in [6.45, 7) is 2.04. The molecule has 4 aromatic rings. The van der Waals surface area contributed by atoms with E-state index < -0.39 is 6.09 Å². The summed E-state index contributed by atoms with van der Waals surface area (Å²) in [5, 5.41) is 4.58. The molecule has 26 heavy (non-hydrogen) atoms. The van der Waals surface area contributed by atoms with Gasteiger partial charge < -0.3 is 10.5 Å². The Balaban J connectivity index is 1.93. The van der Waals surface area contributed by atoms with Gasteiger partial charge in [-0.05, 0) is 36.6 Å². The number of nitrogens with two attached hydrogens (primary N) is 1. The fourth-order valence-corrected chi connectivity index (χ4v) is 3.09. The van der Waals surface area contributed by atoms with Gasteiger partial charge in [0, 0.05) is 22.8 Å². The van der Waals surface area contributed by atoms with Crippen molar-refractivity contribution < 1.29 is 9.53 Å². The second-order valence-corrected chi connectivity index (χ2v) is 6.14. The average molecular weight is 346 g/mol. The van der Waals surface area contributed by atoms with Crippen LogP contribution in [0.15, 0.2) is 54.7 Å². The maximum absolute atomic E-state index is 11.5. The van der Waals surface area contributed by atoms with Gasteiger partial charge in [-0.3, -0.25) is 9.72 Å². The van der Waals surface area contributed by atoms with Gasteiger partial charge in [-0.15, -0.1) is 0 Å². The Bertz CT molecular complexity index is 1150. The van der Waals surface area contributed by atoms with Crippen LogP contribution in [0.4, 0.5) is 16.3 Å². The number of aryl methyl sites for hydroxylation is 1. The first kappa shape index (κ1) is 16.0. The number of nitrogen functional groups attached to an aromatic ring is 1. The van der Waals surface area contributed by atoms with Crippen molar-refractivity contribution in [3.8, 4) is 11.3 Å². The quantitative estimate of drug-likeness (QED) is 0.569. The highest BCUT2D eigenvalue weighted by molar-refractivity contribution is 5.99. The second kappa shape index (κ2) is 6.07. The van der Waals surface area contributed by atoms with E-state index in [0.29, 0.717) is 11.5 Å². The lowest BCUT2D eigenvalue weighted by molar-refractivity contribution is 0.187. The molecule has 2 aromatic carbocycles. The molecule has 3 N–H and O–H groups in total. The van der Waals surface area contributed by atoms with Gasteiger partial charge in [-0.25, -0.2) is 9.78 Å². The lowest BCUT2D eigenvalue weighted by atomic mass is 10.1. The summed E-state index contributed by atoms with van der Waals surface area (Å²) in [5.41, 5.74) is 10.6. The number of amides is 1. The molecule has 1 amide bonds. The monoisotopic (exact) mass is 346 g/mol. The Labute approximate surface area is 150 Å². The molecule has 0 fully saturated rings. The lowest BCUT2D eigenvalue weighted by Crippen LogP contribution is -2.10. The third-order valence-corrected chi connectivity index (χ3v) is 4.37. The highest BCUT2D eigenvalue weighted by Gasteiger charge is 2.14.